The van der Waals surface area contributed by atoms with Gasteiger partial charge in [-0.2, -0.15) is 0 Å². The summed E-state index contributed by atoms with van der Waals surface area (Å²) in [5, 5.41) is -0.692. The summed E-state index contributed by atoms with van der Waals surface area (Å²) in [5.74, 6) is 0. The molecule has 3 aromatic rings. The zero-order valence-electron chi connectivity index (χ0n) is 16.1. The van der Waals surface area contributed by atoms with Gasteiger partial charge in [-0.25, -0.2) is 16.8 Å². The molecule has 1 unspecified atom stereocenters. The van der Waals surface area contributed by atoms with Crippen molar-refractivity contribution in [1.82, 2.24) is 3.71 Å². The Bertz CT molecular complexity index is 1080. The maximum Gasteiger partial charge on any atom is 0.256 e. The summed E-state index contributed by atoms with van der Waals surface area (Å²) in [4.78, 5) is -0.201. The van der Waals surface area contributed by atoms with Crippen LogP contribution in [0.4, 0.5) is 0 Å². The lowest BCUT2D eigenvalue weighted by Gasteiger charge is -2.24. The third kappa shape index (κ3) is 5.29. The van der Waals surface area contributed by atoms with Crippen molar-refractivity contribution >= 4 is 31.6 Å². The first kappa shape index (κ1) is 22.5. The monoisotopic (exact) mass is 463 g/mol. The highest BCUT2D eigenvalue weighted by Crippen LogP contribution is 2.26. The molecule has 0 aliphatic carbocycles. The van der Waals surface area contributed by atoms with E-state index in [1.54, 1.807) is 36.4 Å². The van der Waals surface area contributed by atoms with E-state index in [2.05, 4.69) is 0 Å². The van der Waals surface area contributed by atoms with E-state index in [0.29, 0.717) is 16.6 Å². The van der Waals surface area contributed by atoms with Crippen molar-refractivity contribution < 1.29 is 16.8 Å². The minimum atomic E-state index is -4.32. The minimum absolute atomic E-state index is 0.101. The van der Waals surface area contributed by atoms with E-state index in [1.807, 2.05) is 30.3 Å². The molecule has 0 aliphatic heterocycles. The molecule has 3 rings (SSSR count). The van der Waals surface area contributed by atoms with E-state index < -0.39 is 25.4 Å². The Balaban J connectivity index is 1.92. The molecule has 0 N–H and O–H groups in total. The van der Waals surface area contributed by atoms with Gasteiger partial charge in [-0.15, -0.1) is 11.6 Å². The Kier molecular flexibility index (Phi) is 7.31. The molecule has 8 heteroatoms. The number of hydrogen-bond donors (Lipinski definition) is 0. The number of alkyl halides is 1. The highest BCUT2D eigenvalue weighted by molar-refractivity contribution is 8.04. The van der Waals surface area contributed by atoms with E-state index in [1.165, 1.54) is 24.3 Å². The molecule has 0 aromatic heterocycles. The van der Waals surface area contributed by atoms with Crippen LogP contribution >= 0.6 is 11.6 Å². The number of benzene rings is 3. The molecular weight excluding hydrogens is 442 g/mol. The summed E-state index contributed by atoms with van der Waals surface area (Å²) in [6.45, 7) is -0.358. The number of nitrogens with zero attached hydrogens (tertiary/aromatic N) is 1. The fraction of sp³-hybridized carbons (Fsp3) is 0.182. The highest BCUT2D eigenvalue weighted by Gasteiger charge is 2.37. The molecule has 0 spiro atoms. The van der Waals surface area contributed by atoms with E-state index in [9.17, 15) is 16.8 Å². The van der Waals surface area contributed by atoms with Crippen LogP contribution in [-0.4, -0.2) is 32.5 Å². The first-order valence-corrected chi connectivity index (χ1v) is 12.7. The van der Waals surface area contributed by atoms with Crippen molar-refractivity contribution in [2.75, 3.05) is 6.54 Å². The van der Waals surface area contributed by atoms with Crippen LogP contribution in [0.25, 0.3) is 0 Å². The molecule has 3 aromatic carbocycles. The maximum absolute atomic E-state index is 13.3. The Morgan fingerprint density at radius 1 is 0.667 bits per heavy atom. The van der Waals surface area contributed by atoms with Crippen LogP contribution in [0.2, 0.25) is 0 Å². The Hall–Kier alpha value is -2.19. The fourth-order valence-corrected chi connectivity index (χ4v) is 7.15. The predicted molar refractivity (Wildman–Crippen MR) is 118 cm³/mol. The third-order valence-corrected chi connectivity index (χ3v) is 9.19. The minimum Gasteiger partial charge on any atom is -0.206 e. The lowest BCUT2D eigenvalue weighted by atomic mass is 10.1. The summed E-state index contributed by atoms with van der Waals surface area (Å²) in [6.07, 6.45) is 1.04. The van der Waals surface area contributed by atoms with Crippen LogP contribution in [0.5, 0.6) is 0 Å². The first-order chi connectivity index (χ1) is 14.3. The summed E-state index contributed by atoms with van der Waals surface area (Å²) in [6, 6.07) is 24.6. The summed E-state index contributed by atoms with van der Waals surface area (Å²) in [7, 11) is -8.65. The normalized spacial score (nSPS) is 13.3. The van der Waals surface area contributed by atoms with Crippen LogP contribution in [0.3, 0.4) is 0 Å². The van der Waals surface area contributed by atoms with Crippen molar-refractivity contribution in [2.24, 2.45) is 0 Å². The number of aryl methyl sites for hydroxylation is 1. The number of halogens is 1. The first-order valence-electron chi connectivity index (χ1n) is 9.38. The van der Waals surface area contributed by atoms with Gasteiger partial charge in [-0.1, -0.05) is 70.4 Å². The number of rotatable bonds is 9. The van der Waals surface area contributed by atoms with Crippen molar-refractivity contribution in [3.05, 3.63) is 96.6 Å². The van der Waals surface area contributed by atoms with E-state index in [-0.39, 0.29) is 16.3 Å². The zero-order valence-corrected chi connectivity index (χ0v) is 18.5. The molecule has 30 heavy (non-hydrogen) atoms. The second-order valence-corrected chi connectivity index (χ2v) is 11.3. The molecule has 1 atom stereocenters. The van der Waals surface area contributed by atoms with Crippen LogP contribution in [0.1, 0.15) is 12.0 Å². The van der Waals surface area contributed by atoms with E-state index >= 15 is 0 Å². The van der Waals surface area contributed by atoms with Gasteiger partial charge in [0.2, 0.25) is 0 Å². The molecular formula is C22H22ClNO4S2. The molecule has 0 fully saturated rings. The van der Waals surface area contributed by atoms with Gasteiger partial charge >= 0.3 is 0 Å². The van der Waals surface area contributed by atoms with Gasteiger partial charge in [0.15, 0.2) is 0 Å². The van der Waals surface area contributed by atoms with Gasteiger partial charge in [-0.05, 0) is 42.7 Å². The molecule has 0 saturated heterocycles. The third-order valence-electron chi connectivity index (χ3n) is 4.55. The quantitative estimate of drug-likeness (QED) is 0.443. The van der Waals surface area contributed by atoms with Crippen molar-refractivity contribution in [3.8, 4) is 0 Å². The molecule has 158 valence electrons. The molecule has 0 radical (unpaired) electrons. The molecule has 5 nitrogen and oxygen atoms in total. The van der Waals surface area contributed by atoms with E-state index in [0.717, 1.165) is 5.56 Å². The standard InChI is InChI=1S/C22H22ClNO4S2/c23-20(17-16-19-10-4-1-5-11-19)18-24(29(25,26)21-12-6-2-7-13-21)30(27,28)22-14-8-3-9-15-22/h1-15,20H,16-18H2. The van der Waals surface area contributed by atoms with Gasteiger partial charge in [0, 0.05) is 11.9 Å². The second-order valence-electron chi connectivity index (χ2n) is 6.71. The molecule has 0 saturated carbocycles. The Labute approximate surface area is 183 Å². The smallest absolute Gasteiger partial charge is 0.206 e. The Morgan fingerprint density at radius 2 is 1.07 bits per heavy atom. The van der Waals surface area contributed by atoms with E-state index in [4.69, 9.17) is 11.6 Å². The zero-order chi connectivity index (χ0) is 21.6. The summed E-state index contributed by atoms with van der Waals surface area (Å²) < 4.78 is 53.5. The predicted octanol–water partition coefficient (Wildman–Crippen LogP) is 4.31. The summed E-state index contributed by atoms with van der Waals surface area (Å²) in [5.41, 5.74) is 1.05. The summed E-state index contributed by atoms with van der Waals surface area (Å²) >= 11 is 6.44. The van der Waals surface area contributed by atoms with Crippen LogP contribution in [0, 0.1) is 0 Å². The molecule has 0 amide bonds. The van der Waals surface area contributed by atoms with Gasteiger partial charge in [-0.3, -0.25) is 0 Å². The van der Waals surface area contributed by atoms with Crippen LogP contribution < -0.4 is 0 Å². The number of sulfonamides is 2. The van der Waals surface area contributed by atoms with Crippen LogP contribution in [-0.2, 0) is 26.5 Å². The van der Waals surface area contributed by atoms with Crippen molar-refractivity contribution in [2.45, 2.75) is 28.0 Å². The largest absolute Gasteiger partial charge is 0.256 e. The molecule has 0 aliphatic rings. The van der Waals surface area contributed by atoms with Crippen molar-refractivity contribution in [1.29, 1.82) is 0 Å². The molecule has 0 heterocycles. The van der Waals surface area contributed by atoms with Gasteiger partial charge in [0.05, 0.1) is 9.79 Å². The fourth-order valence-electron chi connectivity index (χ4n) is 2.97. The Morgan fingerprint density at radius 3 is 1.50 bits per heavy atom. The van der Waals surface area contributed by atoms with Gasteiger partial charge in [0.25, 0.3) is 20.0 Å². The van der Waals surface area contributed by atoms with Crippen LogP contribution in [0.15, 0.2) is 101 Å². The number of hydrogen-bond acceptors (Lipinski definition) is 4. The lowest BCUT2D eigenvalue weighted by molar-refractivity contribution is 0.487. The SMILES string of the molecule is O=S(=O)(c1ccccc1)N(CC(Cl)CCc1ccccc1)S(=O)(=O)c1ccccc1. The van der Waals surface area contributed by atoms with Gasteiger partial charge in [0.1, 0.15) is 0 Å². The highest BCUT2D eigenvalue weighted by atomic mass is 35.5. The lowest BCUT2D eigenvalue weighted by Crippen LogP contribution is -2.40. The van der Waals surface area contributed by atoms with Gasteiger partial charge < -0.3 is 0 Å². The average Bonchev–Trinajstić information content (AvgIpc) is 2.77. The molecule has 0 bridgehead atoms. The average molecular weight is 464 g/mol. The second kappa shape index (κ2) is 9.75. The maximum atomic E-state index is 13.3. The van der Waals surface area contributed by atoms with Crippen molar-refractivity contribution in [3.63, 3.8) is 0 Å². The topological polar surface area (TPSA) is 71.5 Å².